The van der Waals surface area contributed by atoms with E-state index in [0.29, 0.717) is 25.7 Å². The molecule has 0 aromatic rings. The summed E-state index contributed by atoms with van der Waals surface area (Å²) in [6, 6.07) is 0. The summed E-state index contributed by atoms with van der Waals surface area (Å²) in [7, 11) is -4.81. The van der Waals surface area contributed by atoms with E-state index in [4.69, 9.17) is 19.3 Å². The zero-order chi connectivity index (χ0) is 40.5. The predicted octanol–water partition coefficient (Wildman–Crippen LogP) is 11.4. The number of aliphatic hydroxyl groups is 1. The average molecular weight is 787 g/mol. The first-order chi connectivity index (χ1) is 26.7. The Bertz CT molecular complexity index is 1270. The number of phosphoric ester groups is 1. The molecule has 0 amide bonds. The zero-order valence-corrected chi connectivity index (χ0v) is 34.5. The lowest BCUT2D eigenvalue weighted by atomic mass is 10.1. The summed E-state index contributed by atoms with van der Waals surface area (Å²) < 4.78 is 26.2. The Morgan fingerprint density at radius 2 is 1.05 bits per heavy atom. The van der Waals surface area contributed by atoms with E-state index < -0.39 is 38.6 Å². The molecule has 0 bridgehead atoms. The summed E-state index contributed by atoms with van der Waals surface area (Å²) in [6.45, 7) is 3.42. The molecule has 0 heterocycles. The molecule has 2 atom stereocenters. The van der Waals surface area contributed by atoms with Crippen LogP contribution < -0.4 is 0 Å². The van der Waals surface area contributed by atoms with Crippen molar-refractivity contribution in [2.75, 3.05) is 13.2 Å². The molecule has 0 aromatic heterocycles. The molecule has 0 aliphatic carbocycles. The Labute approximate surface area is 332 Å². The SMILES string of the molecule is CCCCC/C=C\C/C=C\C/C=C\C/C=C\C/C=C\CCC(=O)O[C@H](COC(=O)CCC/C=C\C/C=C\C=C\[C@H](O)C/C=C\CCCCC)COP(=O)(O)O. The van der Waals surface area contributed by atoms with Gasteiger partial charge in [-0.15, -0.1) is 0 Å². The number of carbonyl (C=O) groups is 2. The molecule has 0 saturated carbocycles. The van der Waals surface area contributed by atoms with Gasteiger partial charge in [0.05, 0.1) is 12.7 Å². The summed E-state index contributed by atoms with van der Waals surface area (Å²) in [6.07, 6.45) is 51.4. The number of phosphoric acid groups is 1. The molecule has 55 heavy (non-hydrogen) atoms. The van der Waals surface area contributed by atoms with Crippen LogP contribution in [0.5, 0.6) is 0 Å². The minimum Gasteiger partial charge on any atom is -0.462 e. The Hall–Kier alpha value is -3.33. The molecule has 0 spiro atoms. The van der Waals surface area contributed by atoms with E-state index in [1.54, 1.807) is 6.08 Å². The van der Waals surface area contributed by atoms with Crippen LogP contribution >= 0.6 is 7.82 Å². The Morgan fingerprint density at radius 1 is 0.564 bits per heavy atom. The smallest absolute Gasteiger partial charge is 0.462 e. The number of ether oxygens (including phenoxy) is 2. The summed E-state index contributed by atoms with van der Waals surface area (Å²) in [5.41, 5.74) is 0. The number of rotatable bonds is 35. The number of unbranched alkanes of at least 4 members (excludes halogenated alkanes) is 7. The van der Waals surface area contributed by atoms with Gasteiger partial charge in [-0.3, -0.25) is 14.1 Å². The number of allylic oxidation sites excluding steroid dienone is 16. The van der Waals surface area contributed by atoms with E-state index in [1.807, 2.05) is 48.6 Å². The van der Waals surface area contributed by atoms with Gasteiger partial charge in [-0.1, -0.05) is 149 Å². The van der Waals surface area contributed by atoms with Crippen LogP contribution in [0.3, 0.4) is 0 Å². The monoisotopic (exact) mass is 786 g/mol. The van der Waals surface area contributed by atoms with Gasteiger partial charge in [-0.25, -0.2) is 4.57 Å². The van der Waals surface area contributed by atoms with Crippen molar-refractivity contribution in [2.45, 2.75) is 148 Å². The van der Waals surface area contributed by atoms with Crippen molar-refractivity contribution in [1.29, 1.82) is 0 Å². The van der Waals surface area contributed by atoms with Crippen LogP contribution in [0, 0.1) is 0 Å². The van der Waals surface area contributed by atoms with Gasteiger partial charge in [-0.05, 0) is 83.5 Å². The largest absolute Gasteiger partial charge is 0.469 e. The highest BCUT2D eigenvalue weighted by atomic mass is 31.2. The minimum atomic E-state index is -4.81. The maximum atomic E-state index is 12.4. The van der Waals surface area contributed by atoms with Crippen LogP contribution in [0.15, 0.2) is 109 Å². The number of aliphatic hydroxyl groups excluding tert-OH is 1. The topological polar surface area (TPSA) is 140 Å². The predicted molar refractivity (Wildman–Crippen MR) is 226 cm³/mol. The van der Waals surface area contributed by atoms with Crippen LogP contribution in [-0.4, -0.2) is 52.3 Å². The fourth-order valence-electron chi connectivity index (χ4n) is 4.78. The van der Waals surface area contributed by atoms with Crippen molar-refractivity contribution in [1.82, 2.24) is 0 Å². The molecule has 0 fully saturated rings. The van der Waals surface area contributed by atoms with Gasteiger partial charge in [0.2, 0.25) is 0 Å². The number of hydrogen-bond acceptors (Lipinski definition) is 7. The molecule has 9 nitrogen and oxygen atoms in total. The molecule has 0 aromatic carbocycles. The van der Waals surface area contributed by atoms with Crippen LogP contribution in [0.25, 0.3) is 0 Å². The number of esters is 2. The number of hydrogen-bond donors (Lipinski definition) is 3. The van der Waals surface area contributed by atoms with Gasteiger partial charge < -0.3 is 24.4 Å². The summed E-state index contributed by atoms with van der Waals surface area (Å²) >= 11 is 0. The van der Waals surface area contributed by atoms with Crippen LogP contribution in [0.4, 0.5) is 0 Å². The van der Waals surface area contributed by atoms with Gasteiger partial charge in [0.15, 0.2) is 6.10 Å². The van der Waals surface area contributed by atoms with Gasteiger partial charge >= 0.3 is 19.8 Å². The van der Waals surface area contributed by atoms with Gasteiger partial charge in [0.1, 0.15) is 6.61 Å². The van der Waals surface area contributed by atoms with Gasteiger partial charge in [0.25, 0.3) is 0 Å². The second kappa shape index (κ2) is 38.9. The lowest BCUT2D eigenvalue weighted by Crippen LogP contribution is -2.29. The first-order valence-corrected chi connectivity index (χ1v) is 21.8. The van der Waals surface area contributed by atoms with E-state index in [0.717, 1.165) is 38.5 Å². The molecule has 0 unspecified atom stereocenters. The Kier molecular flexibility index (Phi) is 36.6. The van der Waals surface area contributed by atoms with Gasteiger partial charge in [-0.2, -0.15) is 0 Å². The molecule has 0 aliphatic heterocycles. The van der Waals surface area contributed by atoms with Crippen molar-refractivity contribution in [3.05, 3.63) is 109 Å². The van der Waals surface area contributed by atoms with Crippen molar-refractivity contribution in [3.63, 3.8) is 0 Å². The summed E-state index contributed by atoms with van der Waals surface area (Å²) in [4.78, 5) is 42.7. The number of carbonyl (C=O) groups excluding carboxylic acids is 2. The standard InChI is InChI=1S/C45H71O9P/c1-3-5-7-9-11-12-13-14-15-16-17-18-19-20-21-22-27-31-35-39-45(48)54-43(41-53-55(49,50)51)40-52-44(47)38-34-30-26-24-23-25-29-33-37-42(46)36-32-28-10-8-6-4-2/h11-12,14-15,17-18,20-21,24-29,31-33,37,42-43,46H,3-10,13,16,19,22-23,30,34-36,38-41H2,1-2H3,(H2,49,50,51)/b12-11-,15-14-,18-17-,21-20-,26-24-,29-25-,31-27-,32-28-,37-33+/t42-,43-/m1/s1. The van der Waals surface area contributed by atoms with Crippen LogP contribution in [-0.2, 0) is 28.2 Å². The zero-order valence-electron chi connectivity index (χ0n) is 33.6. The van der Waals surface area contributed by atoms with E-state index in [1.165, 1.54) is 44.9 Å². The third kappa shape index (κ3) is 41.7. The first-order valence-electron chi connectivity index (χ1n) is 20.3. The molecule has 0 saturated heterocycles. The van der Waals surface area contributed by atoms with Crippen LogP contribution in [0.1, 0.15) is 136 Å². The van der Waals surface area contributed by atoms with Crippen molar-refractivity contribution in [2.24, 2.45) is 0 Å². The molecular weight excluding hydrogens is 715 g/mol. The van der Waals surface area contributed by atoms with E-state index >= 15 is 0 Å². The van der Waals surface area contributed by atoms with E-state index in [9.17, 15) is 19.3 Å². The fourth-order valence-corrected chi connectivity index (χ4v) is 5.14. The quantitative estimate of drug-likeness (QED) is 0.0188. The molecule has 0 rings (SSSR count). The van der Waals surface area contributed by atoms with Gasteiger partial charge in [0, 0.05) is 12.8 Å². The highest BCUT2D eigenvalue weighted by Crippen LogP contribution is 2.35. The first kappa shape index (κ1) is 51.7. The third-order valence-corrected chi connectivity index (χ3v) is 8.34. The summed E-state index contributed by atoms with van der Waals surface area (Å²) in [5, 5.41) is 9.99. The summed E-state index contributed by atoms with van der Waals surface area (Å²) in [5.74, 6) is -1.10. The third-order valence-electron chi connectivity index (χ3n) is 7.86. The van der Waals surface area contributed by atoms with E-state index in [2.05, 4.69) is 73.1 Å². The maximum absolute atomic E-state index is 12.4. The minimum absolute atomic E-state index is 0.0576. The Morgan fingerprint density at radius 3 is 1.60 bits per heavy atom. The maximum Gasteiger partial charge on any atom is 0.469 e. The van der Waals surface area contributed by atoms with Crippen molar-refractivity contribution < 1.29 is 43.0 Å². The molecule has 3 N–H and O–H groups in total. The molecular formula is C45H71O9P. The van der Waals surface area contributed by atoms with Crippen molar-refractivity contribution in [3.8, 4) is 0 Å². The van der Waals surface area contributed by atoms with E-state index in [-0.39, 0.29) is 19.4 Å². The molecule has 0 radical (unpaired) electrons. The van der Waals surface area contributed by atoms with Crippen LogP contribution in [0.2, 0.25) is 0 Å². The normalized spacial score (nSPS) is 14.2. The van der Waals surface area contributed by atoms with Crippen molar-refractivity contribution >= 4 is 19.8 Å². The average Bonchev–Trinajstić information content (AvgIpc) is 3.15. The highest BCUT2D eigenvalue weighted by molar-refractivity contribution is 7.46. The molecule has 310 valence electrons. The Balaban J connectivity index is 4.26. The molecule has 10 heteroatoms. The lowest BCUT2D eigenvalue weighted by molar-refractivity contribution is -0.161. The second-order valence-corrected chi connectivity index (χ2v) is 14.3. The second-order valence-electron chi connectivity index (χ2n) is 13.1. The highest BCUT2D eigenvalue weighted by Gasteiger charge is 2.22. The lowest BCUT2D eigenvalue weighted by Gasteiger charge is -2.18. The molecule has 0 aliphatic rings. The fraction of sp³-hybridized carbons (Fsp3) is 0.556.